The first-order valence-corrected chi connectivity index (χ1v) is 13.8. The van der Waals surface area contributed by atoms with E-state index >= 15 is 0 Å². The Kier molecular flexibility index (Phi) is 5.78. The van der Waals surface area contributed by atoms with E-state index in [2.05, 4.69) is 59.9 Å². The molecule has 2 aliphatic carbocycles. The second-order valence-corrected chi connectivity index (χ2v) is 11.2. The van der Waals surface area contributed by atoms with Gasteiger partial charge in [-0.3, -0.25) is 4.79 Å². The molecule has 37 heavy (non-hydrogen) atoms. The summed E-state index contributed by atoms with van der Waals surface area (Å²) in [6, 6.07) is 18.8. The molecule has 3 N–H and O–H groups in total. The summed E-state index contributed by atoms with van der Waals surface area (Å²) in [6.07, 6.45) is 15.7. The molecule has 0 spiro atoms. The van der Waals surface area contributed by atoms with Crippen LogP contribution in [-0.2, 0) is 16.4 Å². The van der Waals surface area contributed by atoms with Gasteiger partial charge in [-0.25, -0.2) is 13.6 Å². The number of ketones is 1. The summed E-state index contributed by atoms with van der Waals surface area (Å²) < 4.78 is 23.4. The van der Waals surface area contributed by atoms with Crippen molar-refractivity contribution in [2.75, 3.05) is 0 Å². The van der Waals surface area contributed by atoms with Crippen LogP contribution >= 0.6 is 0 Å². The van der Waals surface area contributed by atoms with Gasteiger partial charge in [0.25, 0.3) is 0 Å². The van der Waals surface area contributed by atoms with Crippen LogP contribution in [0.1, 0.15) is 33.8 Å². The standard InChI is InChI=1S/C31H26N2O3S/c32-37(35,36)23-12-9-21(10-13-23)31(34)22-18-28-26-14-11-20-6-3-4-7-24(20)25(26)15-16-27(28)29(19-22)30-8-2-1-5-17-33-30/h1-10,12-18,22,29,33H,11,19H2,(H2,32,35,36). The largest absolute Gasteiger partial charge is 0.364 e. The van der Waals surface area contributed by atoms with Crippen molar-refractivity contribution < 1.29 is 13.2 Å². The Bertz CT molecular complexity index is 1750. The fourth-order valence-corrected chi connectivity index (χ4v) is 6.12. The summed E-state index contributed by atoms with van der Waals surface area (Å²) in [7, 11) is -3.82. The zero-order valence-corrected chi connectivity index (χ0v) is 20.9. The summed E-state index contributed by atoms with van der Waals surface area (Å²) >= 11 is 0. The highest BCUT2D eigenvalue weighted by Gasteiger charge is 2.31. The summed E-state index contributed by atoms with van der Waals surface area (Å²) in [6.45, 7) is 0. The van der Waals surface area contributed by atoms with Crippen molar-refractivity contribution in [3.63, 3.8) is 0 Å². The predicted molar refractivity (Wildman–Crippen MR) is 146 cm³/mol. The molecular formula is C31H26N2O3S. The van der Waals surface area contributed by atoms with E-state index in [1.807, 2.05) is 24.4 Å². The number of Topliss-reactive ketones (excluding diaryl/α,β-unsaturated/α-hetero) is 1. The van der Waals surface area contributed by atoms with Crippen molar-refractivity contribution in [2.45, 2.75) is 23.7 Å². The fraction of sp³-hybridized carbons (Fsp3) is 0.129. The van der Waals surface area contributed by atoms with Gasteiger partial charge in [0.15, 0.2) is 5.78 Å². The quantitative estimate of drug-likeness (QED) is 0.529. The number of primary sulfonamides is 1. The van der Waals surface area contributed by atoms with Gasteiger partial charge in [-0.15, -0.1) is 0 Å². The molecule has 3 aliphatic rings. The van der Waals surface area contributed by atoms with Crippen LogP contribution in [-0.4, -0.2) is 14.2 Å². The number of hydrogen-bond donors (Lipinski definition) is 2. The molecule has 5 nitrogen and oxygen atoms in total. The van der Waals surface area contributed by atoms with Crippen LogP contribution in [0, 0.1) is 5.92 Å². The van der Waals surface area contributed by atoms with Gasteiger partial charge in [0.1, 0.15) is 0 Å². The lowest BCUT2D eigenvalue weighted by Crippen LogP contribution is -2.39. The van der Waals surface area contributed by atoms with Gasteiger partial charge < -0.3 is 5.32 Å². The molecule has 2 unspecified atom stereocenters. The molecule has 3 aromatic carbocycles. The Morgan fingerprint density at radius 1 is 0.892 bits per heavy atom. The maximum Gasteiger partial charge on any atom is 0.238 e. The van der Waals surface area contributed by atoms with Crippen molar-refractivity contribution in [1.82, 2.24) is 5.32 Å². The lowest BCUT2D eigenvalue weighted by Gasteiger charge is -2.30. The molecule has 6 heteroatoms. The minimum Gasteiger partial charge on any atom is -0.364 e. The van der Waals surface area contributed by atoms with E-state index < -0.39 is 10.0 Å². The molecule has 0 aromatic heterocycles. The van der Waals surface area contributed by atoms with Crippen molar-refractivity contribution >= 4 is 28.0 Å². The number of hydrogen-bond acceptors (Lipinski definition) is 4. The molecule has 1 aliphatic heterocycles. The van der Waals surface area contributed by atoms with Gasteiger partial charge in [0.2, 0.25) is 10.0 Å². The Hall–Kier alpha value is -4.00. The number of benzene rings is 3. The van der Waals surface area contributed by atoms with E-state index in [0.717, 1.165) is 17.3 Å². The van der Waals surface area contributed by atoms with Crippen LogP contribution in [0.5, 0.6) is 0 Å². The zero-order valence-electron chi connectivity index (χ0n) is 20.1. The topological polar surface area (TPSA) is 89.3 Å². The van der Waals surface area contributed by atoms with Gasteiger partial charge in [-0.05, 0) is 69.8 Å². The van der Waals surface area contributed by atoms with Crippen LogP contribution in [0.15, 0.2) is 102 Å². The molecule has 184 valence electrons. The lowest BCUT2D eigenvalue weighted by atomic mass is 9.75. The number of sulfonamides is 1. The van der Waals surface area contributed by atoms with Crippen LogP contribution in [0.2, 0.25) is 0 Å². The number of nitrogens with two attached hydrogens (primary N) is 1. The van der Waals surface area contributed by atoms with E-state index in [1.165, 1.54) is 39.6 Å². The molecule has 0 saturated heterocycles. The molecule has 6 rings (SSSR count). The monoisotopic (exact) mass is 506 g/mol. The Labute approximate surface area is 216 Å². The number of fused-ring (bicyclic) bond motifs is 5. The molecule has 2 atom stereocenters. The molecule has 1 heterocycles. The second kappa shape index (κ2) is 9.14. The minimum atomic E-state index is -3.82. The number of allylic oxidation sites excluding steroid dienone is 5. The van der Waals surface area contributed by atoms with Crippen LogP contribution in [0.3, 0.4) is 0 Å². The van der Waals surface area contributed by atoms with Crippen molar-refractivity contribution in [3.8, 4) is 11.1 Å². The number of carbonyl (C=O) groups is 1. The molecule has 0 bridgehead atoms. The molecular weight excluding hydrogens is 480 g/mol. The zero-order chi connectivity index (χ0) is 25.6. The fourth-order valence-electron chi connectivity index (χ4n) is 5.61. The van der Waals surface area contributed by atoms with Crippen LogP contribution in [0.25, 0.3) is 23.3 Å². The third kappa shape index (κ3) is 4.28. The molecule has 0 amide bonds. The van der Waals surface area contributed by atoms with Crippen LogP contribution in [0.4, 0.5) is 0 Å². The number of nitrogens with one attached hydrogen (secondary N) is 1. The van der Waals surface area contributed by atoms with Crippen molar-refractivity contribution in [3.05, 3.63) is 124 Å². The Morgan fingerprint density at radius 2 is 1.70 bits per heavy atom. The molecule has 0 fully saturated rings. The third-order valence-electron chi connectivity index (χ3n) is 7.41. The Balaban J connectivity index is 1.50. The second-order valence-electron chi connectivity index (χ2n) is 9.60. The number of rotatable bonds is 4. The summed E-state index contributed by atoms with van der Waals surface area (Å²) in [4.78, 5) is 13.7. The van der Waals surface area contributed by atoms with Gasteiger partial charge in [-0.1, -0.05) is 72.8 Å². The summed E-state index contributed by atoms with van der Waals surface area (Å²) in [5, 5.41) is 10.9. The molecule has 3 aromatic rings. The highest BCUT2D eigenvalue weighted by atomic mass is 32.2. The van der Waals surface area contributed by atoms with Gasteiger partial charge in [-0.2, -0.15) is 0 Å². The van der Waals surface area contributed by atoms with E-state index in [1.54, 1.807) is 12.1 Å². The van der Waals surface area contributed by atoms with Crippen molar-refractivity contribution in [1.29, 1.82) is 0 Å². The summed E-state index contributed by atoms with van der Waals surface area (Å²) in [5.74, 6) is -0.402. The first-order valence-electron chi connectivity index (χ1n) is 12.3. The highest BCUT2D eigenvalue weighted by molar-refractivity contribution is 7.89. The van der Waals surface area contributed by atoms with Gasteiger partial charge in [0, 0.05) is 29.3 Å². The maximum absolute atomic E-state index is 13.7. The minimum absolute atomic E-state index is 0.000845. The van der Waals surface area contributed by atoms with Gasteiger partial charge in [0.05, 0.1) is 4.90 Å². The van der Waals surface area contributed by atoms with Crippen LogP contribution < -0.4 is 20.9 Å². The predicted octanol–water partition coefficient (Wildman–Crippen LogP) is 3.66. The van der Waals surface area contributed by atoms with E-state index in [4.69, 9.17) is 5.14 Å². The normalized spacial score (nSPS) is 19.6. The Morgan fingerprint density at radius 3 is 2.51 bits per heavy atom. The average molecular weight is 507 g/mol. The van der Waals surface area contributed by atoms with E-state index in [9.17, 15) is 13.2 Å². The smallest absolute Gasteiger partial charge is 0.238 e. The van der Waals surface area contributed by atoms with E-state index in [0.29, 0.717) is 12.0 Å². The maximum atomic E-state index is 13.7. The van der Waals surface area contributed by atoms with Crippen molar-refractivity contribution in [2.24, 2.45) is 11.1 Å². The molecule has 0 radical (unpaired) electrons. The number of carbonyl (C=O) groups excluding carboxylic acids is 1. The SMILES string of the molecule is NS(=O)(=O)c1ccc(C(=O)C2C=c3c(ccc4c3=CCc3ccccc3-4)C(C3=CC=CC=CN3)C2)cc1. The van der Waals surface area contributed by atoms with Gasteiger partial charge >= 0.3 is 0 Å². The highest BCUT2D eigenvalue weighted by Crippen LogP contribution is 2.35. The first kappa shape index (κ1) is 23.4. The molecule has 0 saturated carbocycles. The lowest BCUT2D eigenvalue weighted by molar-refractivity contribution is 0.0943. The summed E-state index contributed by atoms with van der Waals surface area (Å²) in [5.41, 5.74) is 6.43. The average Bonchev–Trinajstić information content (AvgIpc) is 3.21. The van der Waals surface area contributed by atoms with E-state index in [-0.39, 0.29) is 22.5 Å². The first-order chi connectivity index (χ1) is 17.9. The third-order valence-corrected chi connectivity index (χ3v) is 8.34.